The third-order valence-corrected chi connectivity index (χ3v) is 4.33. The molecule has 0 saturated carbocycles. The Morgan fingerprint density at radius 3 is 2.43 bits per heavy atom. The fraction of sp³-hybridized carbons (Fsp3) is 0.278. The lowest BCUT2D eigenvalue weighted by molar-refractivity contribution is 0.0953. The van der Waals surface area contributed by atoms with Gasteiger partial charge in [-0.25, -0.2) is 0 Å². The minimum Gasteiger partial charge on any atom is -0.493 e. The normalized spacial score (nSPS) is 10.3. The topological polar surface area (TPSA) is 47.6 Å². The maximum Gasteiger partial charge on any atom is 0.252 e. The van der Waals surface area contributed by atoms with Crippen LogP contribution in [0, 0.1) is 6.92 Å². The van der Waals surface area contributed by atoms with E-state index >= 15 is 0 Å². The molecule has 0 aliphatic rings. The smallest absolute Gasteiger partial charge is 0.252 e. The maximum absolute atomic E-state index is 12.2. The van der Waals surface area contributed by atoms with Gasteiger partial charge in [-0.3, -0.25) is 4.79 Å². The van der Waals surface area contributed by atoms with Crippen molar-refractivity contribution in [3.8, 4) is 11.5 Å². The summed E-state index contributed by atoms with van der Waals surface area (Å²) in [5, 5.41) is 2.94. The zero-order chi connectivity index (χ0) is 16.8. The number of aryl methyl sites for hydroxylation is 1. The highest BCUT2D eigenvalue weighted by molar-refractivity contribution is 9.10. The van der Waals surface area contributed by atoms with E-state index in [0.717, 1.165) is 22.0 Å². The van der Waals surface area contributed by atoms with Crippen LogP contribution < -0.4 is 14.8 Å². The molecule has 0 saturated heterocycles. The Labute approximate surface area is 144 Å². The molecular formula is C18H20BrNO3. The highest BCUT2D eigenvalue weighted by Crippen LogP contribution is 2.30. The average Bonchev–Trinajstić information content (AvgIpc) is 2.56. The first-order valence-electron chi connectivity index (χ1n) is 7.31. The molecule has 4 nitrogen and oxygen atoms in total. The van der Waals surface area contributed by atoms with Crippen molar-refractivity contribution in [1.29, 1.82) is 0 Å². The molecule has 2 aromatic carbocycles. The van der Waals surface area contributed by atoms with Gasteiger partial charge in [0, 0.05) is 11.0 Å². The molecule has 0 atom stereocenters. The van der Waals surface area contributed by atoms with Crippen LogP contribution in [0.25, 0.3) is 0 Å². The van der Waals surface area contributed by atoms with Crippen LogP contribution in [-0.4, -0.2) is 26.7 Å². The summed E-state index contributed by atoms with van der Waals surface area (Å²) in [6.07, 6.45) is 0.725. The summed E-state index contributed by atoms with van der Waals surface area (Å²) in [4.78, 5) is 12.2. The maximum atomic E-state index is 12.2. The van der Waals surface area contributed by atoms with E-state index in [1.54, 1.807) is 20.3 Å². The van der Waals surface area contributed by atoms with Crippen molar-refractivity contribution in [3.63, 3.8) is 0 Å². The summed E-state index contributed by atoms with van der Waals surface area (Å²) in [6, 6.07) is 11.3. The second-order valence-electron chi connectivity index (χ2n) is 5.12. The third kappa shape index (κ3) is 4.26. The standard InChI is InChI=1S/C18H20BrNO3/c1-12-10-16(22-2)17(23-3)11-13(12)8-9-20-18(21)14-6-4-5-7-15(14)19/h4-7,10-11H,8-9H2,1-3H3,(H,20,21). The van der Waals surface area contributed by atoms with E-state index in [0.29, 0.717) is 23.6 Å². The summed E-state index contributed by atoms with van der Waals surface area (Å²) in [6.45, 7) is 2.57. The van der Waals surface area contributed by atoms with Crippen LogP contribution in [-0.2, 0) is 6.42 Å². The zero-order valence-electron chi connectivity index (χ0n) is 13.5. The van der Waals surface area contributed by atoms with Crippen molar-refractivity contribution < 1.29 is 14.3 Å². The van der Waals surface area contributed by atoms with Crippen molar-refractivity contribution in [2.75, 3.05) is 20.8 Å². The molecule has 122 valence electrons. The molecule has 2 rings (SSSR count). The van der Waals surface area contributed by atoms with Gasteiger partial charge in [0.15, 0.2) is 11.5 Å². The molecule has 0 heterocycles. The van der Waals surface area contributed by atoms with Gasteiger partial charge < -0.3 is 14.8 Å². The number of methoxy groups -OCH3 is 2. The van der Waals surface area contributed by atoms with Crippen molar-refractivity contribution in [3.05, 3.63) is 57.6 Å². The number of hydrogen-bond donors (Lipinski definition) is 1. The average molecular weight is 378 g/mol. The first-order valence-corrected chi connectivity index (χ1v) is 8.10. The van der Waals surface area contributed by atoms with Crippen molar-refractivity contribution in [2.24, 2.45) is 0 Å². The first kappa shape index (κ1) is 17.3. The number of ether oxygens (including phenoxy) is 2. The van der Waals surface area contributed by atoms with Crippen LogP contribution in [0.15, 0.2) is 40.9 Å². The van der Waals surface area contributed by atoms with E-state index in [2.05, 4.69) is 21.2 Å². The molecular weight excluding hydrogens is 358 g/mol. The lowest BCUT2D eigenvalue weighted by Crippen LogP contribution is -2.26. The highest BCUT2D eigenvalue weighted by atomic mass is 79.9. The lowest BCUT2D eigenvalue weighted by atomic mass is 10.0. The van der Waals surface area contributed by atoms with Gasteiger partial charge in [0.25, 0.3) is 5.91 Å². The quantitative estimate of drug-likeness (QED) is 0.833. The molecule has 0 aliphatic carbocycles. The van der Waals surface area contributed by atoms with Crippen LogP contribution in [0.5, 0.6) is 11.5 Å². The van der Waals surface area contributed by atoms with Crippen LogP contribution in [0.2, 0.25) is 0 Å². The van der Waals surface area contributed by atoms with Gasteiger partial charge in [-0.2, -0.15) is 0 Å². The predicted octanol–water partition coefficient (Wildman–Crippen LogP) is 3.75. The fourth-order valence-electron chi connectivity index (χ4n) is 2.34. The summed E-state index contributed by atoms with van der Waals surface area (Å²) < 4.78 is 11.4. The molecule has 5 heteroatoms. The first-order chi connectivity index (χ1) is 11.1. The largest absolute Gasteiger partial charge is 0.493 e. The van der Waals surface area contributed by atoms with E-state index in [9.17, 15) is 4.79 Å². The number of rotatable bonds is 6. The summed E-state index contributed by atoms with van der Waals surface area (Å²) in [5.74, 6) is 1.33. The molecule has 1 N–H and O–H groups in total. The second kappa shape index (κ2) is 8.02. The van der Waals surface area contributed by atoms with Crippen molar-refractivity contribution in [1.82, 2.24) is 5.32 Å². The number of carbonyl (C=O) groups excluding carboxylic acids is 1. The number of benzene rings is 2. The summed E-state index contributed by atoms with van der Waals surface area (Å²) in [7, 11) is 3.24. The fourth-order valence-corrected chi connectivity index (χ4v) is 2.81. The molecule has 0 aromatic heterocycles. The second-order valence-corrected chi connectivity index (χ2v) is 5.97. The number of amides is 1. The van der Waals surface area contributed by atoms with Gasteiger partial charge in [0.1, 0.15) is 0 Å². The SMILES string of the molecule is COc1cc(C)c(CCNC(=O)c2ccccc2Br)cc1OC. The Balaban J connectivity index is 2.01. The van der Waals surface area contributed by atoms with Crippen molar-refractivity contribution >= 4 is 21.8 Å². The lowest BCUT2D eigenvalue weighted by Gasteiger charge is -2.13. The number of halogens is 1. The molecule has 0 spiro atoms. The van der Waals surface area contributed by atoms with E-state index in [-0.39, 0.29) is 5.91 Å². The van der Waals surface area contributed by atoms with Gasteiger partial charge in [0.2, 0.25) is 0 Å². The molecule has 0 bridgehead atoms. The van der Waals surface area contributed by atoms with E-state index < -0.39 is 0 Å². The Morgan fingerprint density at radius 1 is 1.13 bits per heavy atom. The molecule has 1 amide bonds. The molecule has 0 radical (unpaired) electrons. The number of nitrogens with one attached hydrogen (secondary N) is 1. The molecule has 0 aliphatic heterocycles. The minimum absolute atomic E-state index is 0.0874. The Hall–Kier alpha value is -2.01. The van der Waals surface area contributed by atoms with Crippen LogP contribution in [0.4, 0.5) is 0 Å². The van der Waals surface area contributed by atoms with Crippen LogP contribution >= 0.6 is 15.9 Å². The monoisotopic (exact) mass is 377 g/mol. The third-order valence-electron chi connectivity index (χ3n) is 3.64. The van der Waals surface area contributed by atoms with Crippen LogP contribution in [0.1, 0.15) is 21.5 Å². The van der Waals surface area contributed by atoms with Gasteiger partial charge in [-0.15, -0.1) is 0 Å². The van der Waals surface area contributed by atoms with Gasteiger partial charge >= 0.3 is 0 Å². The molecule has 0 unspecified atom stereocenters. The molecule has 23 heavy (non-hydrogen) atoms. The van der Waals surface area contributed by atoms with Gasteiger partial charge in [-0.1, -0.05) is 12.1 Å². The van der Waals surface area contributed by atoms with Gasteiger partial charge in [-0.05, 0) is 64.7 Å². The molecule has 2 aromatic rings. The Bertz CT molecular complexity index is 701. The predicted molar refractivity (Wildman–Crippen MR) is 94.5 cm³/mol. The Kier molecular flexibility index (Phi) is 6.04. The van der Waals surface area contributed by atoms with E-state index in [4.69, 9.17) is 9.47 Å². The zero-order valence-corrected chi connectivity index (χ0v) is 15.1. The van der Waals surface area contributed by atoms with E-state index in [1.807, 2.05) is 37.3 Å². The van der Waals surface area contributed by atoms with Crippen LogP contribution in [0.3, 0.4) is 0 Å². The summed E-state index contributed by atoms with van der Waals surface area (Å²) >= 11 is 3.39. The van der Waals surface area contributed by atoms with Gasteiger partial charge in [0.05, 0.1) is 19.8 Å². The number of hydrogen-bond acceptors (Lipinski definition) is 3. The molecule has 0 fully saturated rings. The van der Waals surface area contributed by atoms with Crippen molar-refractivity contribution in [2.45, 2.75) is 13.3 Å². The highest BCUT2D eigenvalue weighted by Gasteiger charge is 2.11. The summed E-state index contributed by atoms with van der Waals surface area (Å²) in [5.41, 5.74) is 2.87. The minimum atomic E-state index is -0.0874. The van der Waals surface area contributed by atoms with E-state index in [1.165, 1.54) is 0 Å². The number of carbonyl (C=O) groups is 1. The Morgan fingerprint density at radius 2 is 1.78 bits per heavy atom.